The fraction of sp³-hybridized carbons (Fsp3) is 0.923. The lowest BCUT2D eigenvalue weighted by atomic mass is 9.96. The molecule has 3 N–H and O–H groups in total. The van der Waals surface area contributed by atoms with Crippen LogP contribution in [0.4, 0.5) is 0 Å². The number of hydrogen-bond donors (Lipinski definition) is 2. The van der Waals surface area contributed by atoms with Crippen molar-refractivity contribution in [1.29, 1.82) is 0 Å². The Labute approximate surface area is 111 Å². The monoisotopic (exact) mass is 262 g/mol. The van der Waals surface area contributed by atoms with Crippen LogP contribution in [0.25, 0.3) is 0 Å². The van der Waals surface area contributed by atoms with Crippen molar-refractivity contribution in [1.82, 2.24) is 5.32 Å². The Kier molecular flexibility index (Phi) is 8.61. The molecule has 1 saturated carbocycles. The third-order valence-electron chi connectivity index (χ3n) is 3.47. The van der Waals surface area contributed by atoms with E-state index in [9.17, 15) is 4.79 Å². The predicted octanol–water partition coefficient (Wildman–Crippen LogP) is 2.62. The minimum absolute atomic E-state index is 0. The molecule has 1 atom stereocenters. The molecule has 0 saturated heterocycles. The molecule has 1 fully saturated rings. The summed E-state index contributed by atoms with van der Waals surface area (Å²) in [7, 11) is 0. The SMILES string of the molecule is CC(C)C(N)C(=O)NC1CCCCCCC1.Cl. The number of amides is 1. The normalized spacial score (nSPS) is 20.0. The number of carbonyl (C=O) groups is 1. The highest BCUT2D eigenvalue weighted by Gasteiger charge is 2.20. The van der Waals surface area contributed by atoms with Crippen LogP contribution in [0.5, 0.6) is 0 Å². The average molecular weight is 263 g/mol. The van der Waals surface area contributed by atoms with Crippen LogP contribution in [0.1, 0.15) is 58.8 Å². The highest BCUT2D eigenvalue weighted by Crippen LogP contribution is 2.17. The standard InChI is InChI=1S/C13H26N2O.ClH/c1-10(2)12(14)13(16)15-11-8-6-4-3-5-7-9-11;/h10-12H,3-9,14H2,1-2H3,(H,15,16);1H. The van der Waals surface area contributed by atoms with E-state index in [1.807, 2.05) is 13.8 Å². The molecule has 1 unspecified atom stereocenters. The molecule has 1 aliphatic rings. The molecule has 0 heterocycles. The Morgan fingerprint density at radius 2 is 1.59 bits per heavy atom. The fourth-order valence-electron chi connectivity index (χ4n) is 2.20. The largest absolute Gasteiger partial charge is 0.352 e. The molecule has 3 nitrogen and oxygen atoms in total. The third-order valence-corrected chi connectivity index (χ3v) is 3.47. The van der Waals surface area contributed by atoms with Gasteiger partial charge in [0.15, 0.2) is 0 Å². The van der Waals surface area contributed by atoms with Crippen molar-refractivity contribution in [2.24, 2.45) is 11.7 Å². The molecular weight excluding hydrogens is 236 g/mol. The lowest BCUT2D eigenvalue weighted by Gasteiger charge is -2.24. The quantitative estimate of drug-likeness (QED) is 0.822. The van der Waals surface area contributed by atoms with E-state index in [0.29, 0.717) is 6.04 Å². The molecule has 4 heteroatoms. The lowest BCUT2D eigenvalue weighted by molar-refractivity contribution is -0.124. The molecule has 1 aliphatic carbocycles. The second kappa shape index (κ2) is 8.76. The van der Waals surface area contributed by atoms with Crippen molar-refractivity contribution in [3.8, 4) is 0 Å². The zero-order valence-corrected chi connectivity index (χ0v) is 11.9. The minimum atomic E-state index is -0.356. The molecule has 0 aliphatic heterocycles. The van der Waals surface area contributed by atoms with Crippen LogP contribution in [-0.2, 0) is 4.79 Å². The topological polar surface area (TPSA) is 55.1 Å². The molecule has 0 radical (unpaired) electrons. The molecule has 17 heavy (non-hydrogen) atoms. The van der Waals surface area contributed by atoms with Gasteiger partial charge in [-0.05, 0) is 18.8 Å². The first-order chi connectivity index (χ1) is 7.61. The van der Waals surface area contributed by atoms with Gasteiger partial charge in [-0.3, -0.25) is 4.79 Å². The molecule has 0 bridgehead atoms. The smallest absolute Gasteiger partial charge is 0.237 e. The second-order valence-electron chi connectivity index (χ2n) is 5.32. The van der Waals surface area contributed by atoms with Gasteiger partial charge in [-0.15, -0.1) is 12.4 Å². The zero-order valence-electron chi connectivity index (χ0n) is 11.1. The van der Waals surface area contributed by atoms with E-state index >= 15 is 0 Å². The number of halogens is 1. The Morgan fingerprint density at radius 1 is 1.12 bits per heavy atom. The Bertz CT molecular complexity index is 213. The van der Waals surface area contributed by atoms with Gasteiger partial charge in [0.2, 0.25) is 5.91 Å². The van der Waals surface area contributed by atoms with Crippen LogP contribution < -0.4 is 11.1 Å². The Morgan fingerprint density at radius 3 is 2.06 bits per heavy atom. The van der Waals surface area contributed by atoms with E-state index in [4.69, 9.17) is 5.73 Å². The van der Waals surface area contributed by atoms with Gasteiger partial charge in [-0.2, -0.15) is 0 Å². The van der Waals surface area contributed by atoms with E-state index in [1.165, 1.54) is 32.1 Å². The van der Waals surface area contributed by atoms with Crippen molar-refractivity contribution in [3.63, 3.8) is 0 Å². The molecule has 0 aromatic carbocycles. The maximum absolute atomic E-state index is 11.8. The van der Waals surface area contributed by atoms with Crippen LogP contribution in [0, 0.1) is 5.92 Å². The maximum atomic E-state index is 11.8. The van der Waals surface area contributed by atoms with E-state index in [1.54, 1.807) is 0 Å². The van der Waals surface area contributed by atoms with E-state index in [-0.39, 0.29) is 30.3 Å². The van der Waals surface area contributed by atoms with Gasteiger partial charge in [-0.1, -0.05) is 46.0 Å². The van der Waals surface area contributed by atoms with Gasteiger partial charge in [0.1, 0.15) is 0 Å². The molecule has 1 amide bonds. The van der Waals surface area contributed by atoms with Crippen LogP contribution in [0.3, 0.4) is 0 Å². The summed E-state index contributed by atoms with van der Waals surface area (Å²) in [6.07, 6.45) is 8.69. The number of rotatable bonds is 3. The van der Waals surface area contributed by atoms with Gasteiger partial charge >= 0.3 is 0 Å². The van der Waals surface area contributed by atoms with Gasteiger partial charge in [-0.25, -0.2) is 0 Å². The van der Waals surface area contributed by atoms with Gasteiger partial charge in [0.25, 0.3) is 0 Å². The first-order valence-corrected chi connectivity index (χ1v) is 6.67. The van der Waals surface area contributed by atoms with Crippen molar-refractivity contribution in [3.05, 3.63) is 0 Å². The van der Waals surface area contributed by atoms with Gasteiger partial charge in [0, 0.05) is 6.04 Å². The highest BCUT2D eigenvalue weighted by atomic mass is 35.5. The number of hydrogen-bond acceptors (Lipinski definition) is 2. The summed E-state index contributed by atoms with van der Waals surface area (Å²) in [6, 6.07) is 0.00282. The number of nitrogens with two attached hydrogens (primary N) is 1. The van der Waals surface area contributed by atoms with Crippen molar-refractivity contribution >= 4 is 18.3 Å². The summed E-state index contributed by atoms with van der Waals surface area (Å²) in [4.78, 5) is 11.8. The first-order valence-electron chi connectivity index (χ1n) is 6.67. The zero-order chi connectivity index (χ0) is 12.0. The lowest BCUT2D eigenvalue weighted by Crippen LogP contribution is -2.47. The van der Waals surface area contributed by atoms with E-state index < -0.39 is 0 Å². The van der Waals surface area contributed by atoms with E-state index in [2.05, 4.69) is 5.32 Å². The summed E-state index contributed by atoms with van der Waals surface area (Å²) in [5.74, 6) is 0.245. The second-order valence-corrected chi connectivity index (χ2v) is 5.32. The fourth-order valence-corrected chi connectivity index (χ4v) is 2.20. The van der Waals surface area contributed by atoms with Gasteiger partial charge < -0.3 is 11.1 Å². The molecule has 0 aromatic rings. The summed E-state index contributed by atoms with van der Waals surface area (Å²) >= 11 is 0. The van der Waals surface area contributed by atoms with E-state index in [0.717, 1.165) is 12.8 Å². The molecule has 1 rings (SSSR count). The summed E-state index contributed by atoms with van der Waals surface area (Å²) < 4.78 is 0. The van der Waals surface area contributed by atoms with Crippen LogP contribution >= 0.6 is 12.4 Å². The maximum Gasteiger partial charge on any atom is 0.237 e. The van der Waals surface area contributed by atoms with Crippen LogP contribution in [-0.4, -0.2) is 18.0 Å². The highest BCUT2D eigenvalue weighted by molar-refractivity contribution is 5.85. The van der Waals surface area contributed by atoms with Crippen LogP contribution in [0.15, 0.2) is 0 Å². The summed E-state index contributed by atoms with van der Waals surface area (Å²) in [5, 5.41) is 3.10. The average Bonchev–Trinajstić information content (AvgIpc) is 2.20. The van der Waals surface area contributed by atoms with Crippen molar-refractivity contribution < 1.29 is 4.79 Å². The third kappa shape index (κ3) is 6.27. The van der Waals surface area contributed by atoms with Crippen molar-refractivity contribution in [2.45, 2.75) is 70.9 Å². The number of nitrogens with one attached hydrogen (secondary N) is 1. The van der Waals surface area contributed by atoms with Gasteiger partial charge in [0.05, 0.1) is 6.04 Å². The predicted molar refractivity (Wildman–Crippen MR) is 74.3 cm³/mol. The Balaban J connectivity index is 0.00000256. The molecular formula is C13H27ClN2O. The molecule has 0 aromatic heterocycles. The Hall–Kier alpha value is -0.280. The summed E-state index contributed by atoms with van der Waals surface area (Å²) in [6.45, 7) is 3.98. The van der Waals surface area contributed by atoms with Crippen molar-refractivity contribution in [2.75, 3.05) is 0 Å². The minimum Gasteiger partial charge on any atom is -0.352 e. The number of carbonyl (C=O) groups excluding carboxylic acids is 1. The first kappa shape index (κ1) is 16.7. The molecule has 0 spiro atoms. The molecule has 102 valence electrons. The summed E-state index contributed by atoms with van der Waals surface area (Å²) in [5.41, 5.74) is 5.84. The van der Waals surface area contributed by atoms with Crippen LogP contribution in [0.2, 0.25) is 0 Å².